The number of nitrogens with one attached hydrogen (secondary N) is 2. The van der Waals surface area contributed by atoms with Crippen LogP contribution in [0.2, 0.25) is 0 Å². The van der Waals surface area contributed by atoms with Gasteiger partial charge >= 0.3 is 0 Å². The summed E-state index contributed by atoms with van der Waals surface area (Å²) in [6, 6.07) is 8.29. The number of thiophene rings is 1. The van der Waals surface area contributed by atoms with E-state index in [-0.39, 0.29) is 24.0 Å². The van der Waals surface area contributed by atoms with Gasteiger partial charge in [-0.2, -0.15) is 0 Å². The molecule has 0 fully saturated rings. The first kappa shape index (κ1) is 17.9. The van der Waals surface area contributed by atoms with Crippen molar-refractivity contribution < 1.29 is 0 Å². The SMILES string of the molecule is CN=C(NCCc1cccnc1)NCCc1cccs1.I. The van der Waals surface area contributed by atoms with Crippen molar-refractivity contribution in [1.82, 2.24) is 15.6 Å². The molecule has 0 aromatic carbocycles. The van der Waals surface area contributed by atoms with Gasteiger partial charge < -0.3 is 10.6 Å². The van der Waals surface area contributed by atoms with E-state index in [1.165, 1.54) is 10.4 Å². The Morgan fingerprint density at radius 3 is 2.62 bits per heavy atom. The number of hydrogen-bond donors (Lipinski definition) is 2. The maximum absolute atomic E-state index is 4.22. The highest BCUT2D eigenvalue weighted by Crippen LogP contribution is 2.07. The van der Waals surface area contributed by atoms with E-state index in [2.05, 4.69) is 44.2 Å². The van der Waals surface area contributed by atoms with Crippen molar-refractivity contribution in [2.24, 2.45) is 4.99 Å². The van der Waals surface area contributed by atoms with Crippen LogP contribution in [0.5, 0.6) is 0 Å². The Bertz CT molecular complexity index is 514. The molecule has 2 rings (SSSR count). The van der Waals surface area contributed by atoms with Gasteiger partial charge in [-0.25, -0.2) is 0 Å². The average Bonchev–Trinajstić information content (AvgIpc) is 3.00. The molecule has 0 aliphatic heterocycles. The molecule has 0 saturated heterocycles. The lowest BCUT2D eigenvalue weighted by Gasteiger charge is -2.11. The Morgan fingerprint density at radius 1 is 1.19 bits per heavy atom. The summed E-state index contributed by atoms with van der Waals surface area (Å²) in [6.07, 6.45) is 5.66. The normalized spacial score (nSPS) is 10.8. The van der Waals surface area contributed by atoms with E-state index in [0.29, 0.717) is 0 Å². The summed E-state index contributed by atoms with van der Waals surface area (Å²) in [5.41, 5.74) is 1.23. The van der Waals surface area contributed by atoms with Gasteiger partial charge in [-0.1, -0.05) is 12.1 Å². The van der Waals surface area contributed by atoms with Gasteiger partial charge in [0.1, 0.15) is 0 Å². The topological polar surface area (TPSA) is 49.3 Å². The van der Waals surface area contributed by atoms with E-state index < -0.39 is 0 Å². The second kappa shape index (κ2) is 10.6. The predicted molar refractivity (Wildman–Crippen MR) is 101 cm³/mol. The zero-order valence-electron chi connectivity index (χ0n) is 12.1. The molecule has 0 saturated carbocycles. The highest BCUT2D eigenvalue weighted by Gasteiger charge is 1.98. The van der Waals surface area contributed by atoms with Gasteiger partial charge in [-0.05, 0) is 35.9 Å². The second-order valence-electron chi connectivity index (χ2n) is 4.37. The molecule has 2 N–H and O–H groups in total. The van der Waals surface area contributed by atoms with E-state index >= 15 is 0 Å². The zero-order valence-corrected chi connectivity index (χ0v) is 15.2. The van der Waals surface area contributed by atoms with Crippen molar-refractivity contribution >= 4 is 41.3 Å². The van der Waals surface area contributed by atoms with E-state index in [9.17, 15) is 0 Å². The number of guanidine groups is 1. The van der Waals surface area contributed by atoms with E-state index in [1.54, 1.807) is 24.6 Å². The number of hydrogen-bond acceptors (Lipinski definition) is 3. The van der Waals surface area contributed by atoms with Gasteiger partial charge in [0.15, 0.2) is 5.96 Å². The third-order valence-electron chi connectivity index (χ3n) is 2.90. The van der Waals surface area contributed by atoms with E-state index in [4.69, 9.17) is 0 Å². The number of rotatable bonds is 6. The molecule has 2 aromatic rings. The van der Waals surface area contributed by atoms with Gasteiger partial charge in [-0.15, -0.1) is 35.3 Å². The summed E-state index contributed by atoms with van der Waals surface area (Å²) in [4.78, 5) is 9.72. The Labute approximate surface area is 147 Å². The van der Waals surface area contributed by atoms with Gasteiger partial charge in [0, 0.05) is 37.4 Å². The molecule has 2 heterocycles. The Morgan fingerprint density at radius 2 is 2.00 bits per heavy atom. The number of halogens is 1. The maximum atomic E-state index is 4.22. The smallest absolute Gasteiger partial charge is 0.190 e. The first-order chi connectivity index (χ1) is 9.88. The van der Waals surface area contributed by atoms with E-state index in [1.807, 2.05) is 12.3 Å². The van der Waals surface area contributed by atoms with Crippen LogP contribution in [0.25, 0.3) is 0 Å². The van der Waals surface area contributed by atoms with Crippen molar-refractivity contribution in [2.45, 2.75) is 12.8 Å². The van der Waals surface area contributed by atoms with Gasteiger partial charge in [0.05, 0.1) is 0 Å². The molecule has 0 atom stereocenters. The number of pyridine rings is 1. The second-order valence-corrected chi connectivity index (χ2v) is 5.40. The standard InChI is InChI=1S/C15H20N4S.HI/c1-16-15(19-10-7-14-5-3-11-20-14)18-9-6-13-4-2-8-17-12-13;/h2-5,8,11-12H,6-7,9-10H2,1H3,(H2,16,18,19);1H. The molecule has 0 amide bonds. The molecule has 0 aliphatic rings. The van der Waals surface area contributed by atoms with Gasteiger partial charge in [0.2, 0.25) is 0 Å². The van der Waals surface area contributed by atoms with Crippen molar-refractivity contribution in [3.63, 3.8) is 0 Å². The summed E-state index contributed by atoms with van der Waals surface area (Å²) in [7, 11) is 1.80. The quantitative estimate of drug-likeness (QED) is 0.433. The molecule has 0 bridgehead atoms. The molecule has 4 nitrogen and oxygen atoms in total. The fraction of sp³-hybridized carbons (Fsp3) is 0.333. The molecule has 2 aromatic heterocycles. The van der Waals surface area contributed by atoms with Crippen molar-refractivity contribution in [3.05, 3.63) is 52.5 Å². The maximum Gasteiger partial charge on any atom is 0.190 e. The highest BCUT2D eigenvalue weighted by atomic mass is 127. The molecule has 0 radical (unpaired) electrons. The van der Waals surface area contributed by atoms with Crippen molar-refractivity contribution in [3.8, 4) is 0 Å². The zero-order chi connectivity index (χ0) is 14.0. The van der Waals surface area contributed by atoms with Crippen LogP contribution in [0.4, 0.5) is 0 Å². The van der Waals surface area contributed by atoms with Crippen LogP contribution < -0.4 is 10.6 Å². The summed E-state index contributed by atoms with van der Waals surface area (Å²) >= 11 is 1.79. The Hall–Kier alpha value is -1.15. The van der Waals surface area contributed by atoms with Crippen LogP contribution in [-0.4, -0.2) is 31.1 Å². The first-order valence-corrected chi connectivity index (χ1v) is 7.62. The molecule has 0 unspecified atom stereocenters. The van der Waals surface area contributed by atoms with Crippen LogP contribution in [0.3, 0.4) is 0 Å². The Kier molecular flexibility index (Phi) is 9.00. The fourth-order valence-electron chi connectivity index (χ4n) is 1.85. The molecule has 0 aliphatic carbocycles. The lowest BCUT2D eigenvalue weighted by Crippen LogP contribution is -2.39. The largest absolute Gasteiger partial charge is 0.356 e. The first-order valence-electron chi connectivity index (χ1n) is 6.74. The minimum Gasteiger partial charge on any atom is -0.356 e. The number of aliphatic imine (C=N–C) groups is 1. The lowest BCUT2D eigenvalue weighted by atomic mass is 10.2. The summed E-state index contributed by atoms with van der Waals surface area (Å²) < 4.78 is 0. The summed E-state index contributed by atoms with van der Waals surface area (Å²) in [5.74, 6) is 0.852. The van der Waals surface area contributed by atoms with Crippen molar-refractivity contribution in [1.29, 1.82) is 0 Å². The summed E-state index contributed by atoms with van der Waals surface area (Å²) in [6.45, 7) is 1.75. The Balaban J connectivity index is 0.00000220. The van der Waals surface area contributed by atoms with Crippen LogP contribution in [0, 0.1) is 0 Å². The molecule has 21 heavy (non-hydrogen) atoms. The molecule has 0 spiro atoms. The number of aromatic nitrogens is 1. The molecule has 114 valence electrons. The minimum atomic E-state index is 0. The van der Waals surface area contributed by atoms with Crippen LogP contribution in [-0.2, 0) is 12.8 Å². The van der Waals surface area contributed by atoms with Crippen LogP contribution >= 0.6 is 35.3 Å². The van der Waals surface area contributed by atoms with E-state index in [0.717, 1.165) is 31.9 Å². The third kappa shape index (κ3) is 6.90. The summed E-state index contributed by atoms with van der Waals surface area (Å²) in [5, 5.41) is 8.74. The third-order valence-corrected chi connectivity index (χ3v) is 3.83. The fourth-order valence-corrected chi connectivity index (χ4v) is 2.56. The van der Waals surface area contributed by atoms with Gasteiger partial charge in [-0.3, -0.25) is 9.98 Å². The average molecular weight is 416 g/mol. The number of nitrogens with zero attached hydrogens (tertiary/aromatic N) is 2. The van der Waals surface area contributed by atoms with Crippen molar-refractivity contribution in [2.75, 3.05) is 20.1 Å². The predicted octanol–water partition coefficient (Wildman–Crippen LogP) is 2.71. The minimum absolute atomic E-state index is 0. The van der Waals surface area contributed by atoms with Gasteiger partial charge in [0.25, 0.3) is 0 Å². The molecule has 6 heteroatoms. The van der Waals surface area contributed by atoms with Crippen LogP contribution in [0.15, 0.2) is 47.0 Å². The monoisotopic (exact) mass is 416 g/mol. The lowest BCUT2D eigenvalue weighted by molar-refractivity contribution is 0.786. The highest BCUT2D eigenvalue weighted by molar-refractivity contribution is 14.0. The molecular formula is C15H21IN4S. The van der Waals surface area contributed by atoms with Crippen LogP contribution in [0.1, 0.15) is 10.4 Å². The molecular weight excluding hydrogens is 395 g/mol.